The Morgan fingerprint density at radius 2 is 1.75 bits per heavy atom. The van der Waals surface area contributed by atoms with E-state index in [1.54, 1.807) is 6.07 Å². The summed E-state index contributed by atoms with van der Waals surface area (Å²) in [5.74, 6) is -1.36. The van der Waals surface area contributed by atoms with Crippen molar-refractivity contribution in [1.29, 1.82) is 0 Å². The smallest absolute Gasteiger partial charge is 0.126 e. The highest BCUT2D eigenvalue weighted by Crippen LogP contribution is 2.28. The third-order valence-corrected chi connectivity index (χ3v) is 3.28. The summed E-state index contributed by atoms with van der Waals surface area (Å²) in [5, 5.41) is 9.93. The summed E-state index contributed by atoms with van der Waals surface area (Å²) in [6.07, 6.45) is -0.969. The molecule has 0 spiro atoms. The van der Waals surface area contributed by atoms with Crippen LogP contribution in [0.15, 0.2) is 30.3 Å². The van der Waals surface area contributed by atoms with E-state index in [0.717, 1.165) is 23.1 Å². The molecule has 4 heteroatoms. The molecule has 0 amide bonds. The van der Waals surface area contributed by atoms with Crippen molar-refractivity contribution < 1.29 is 13.9 Å². The molecule has 1 nitrogen and oxygen atoms in total. The molecule has 2 aromatic rings. The van der Waals surface area contributed by atoms with E-state index in [4.69, 9.17) is 0 Å². The lowest BCUT2D eigenvalue weighted by Gasteiger charge is -2.09. The van der Waals surface area contributed by atoms with Gasteiger partial charge in [-0.25, -0.2) is 8.78 Å². The Kier molecular flexibility index (Phi) is 3.03. The normalized spacial score (nSPS) is 12.8. The van der Waals surface area contributed by atoms with Crippen LogP contribution in [0, 0.1) is 18.6 Å². The summed E-state index contributed by atoms with van der Waals surface area (Å²) in [4.78, 5) is 1.73. The number of aryl methyl sites for hydroxylation is 1. The van der Waals surface area contributed by atoms with E-state index in [-0.39, 0.29) is 5.56 Å². The monoisotopic (exact) mass is 240 g/mol. The minimum absolute atomic E-state index is 0.236. The van der Waals surface area contributed by atoms with E-state index in [9.17, 15) is 13.9 Å². The first kappa shape index (κ1) is 11.2. The zero-order valence-corrected chi connectivity index (χ0v) is 9.39. The number of aliphatic hydroxyl groups excluding tert-OH is 1. The molecule has 0 saturated heterocycles. The molecule has 0 fully saturated rings. The Morgan fingerprint density at radius 1 is 1.12 bits per heavy atom. The highest BCUT2D eigenvalue weighted by molar-refractivity contribution is 7.12. The number of hydrogen-bond donors (Lipinski definition) is 1. The van der Waals surface area contributed by atoms with Crippen LogP contribution in [0.5, 0.6) is 0 Å². The van der Waals surface area contributed by atoms with E-state index in [1.165, 1.54) is 11.3 Å². The van der Waals surface area contributed by atoms with Crippen molar-refractivity contribution in [2.45, 2.75) is 13.0 Å². The van der Waals surface area contributed by atoms with E-state index in [0.29, 0.717) is 4.88 Å². The fourth-order valence-electron chi connectivity index (χ4n) is 1.50. The molecule has 0 unspecified atom stereocenters. The number of benzene rings is 1. The second-order valence-electron chi connectivity index (χ2n) is 3.55. The third kappa shape index (κ3) is 2.28. The van der Waals surface area contributed by atoms with Gasteiger partial charge in [-0.2, -0.15) is 0 Å². The summed E-state index contributed by atoms with van der Waals surface area (Å²) < 4.78 is 25.9. The zero-order chi connectivity index (χ0) is 11.7. The van der Waals surface area contributed by atoms with Gasteiger partial charge in [0.15, 0.2) is 0 Å². The van der Waals surface area contributed by atoms with Gasteiger partial charge in [0, 0.05) is 15.8 Å². The molecular formula is C12H10F2OS. The van der Waals surface area contributed by atoms with Gasteiger partial charge in [-0.1, -0.05) is 0 Å². The Morgan fingerprint density at radius 3 is 2.25 bits per heavy atom. The fourth-order valence-corrected chi connectivity index (χ4v) is 2.39. The quantitative estimate of drug-likeness (QED) is 0.852. The van der Waals surface area contributed by atoms with Crippen LogP contribution in [-0.4, -0.2) is 5.11 Å². The Hall–Kier alpha value is -1.26. The van der Waals surface area contributed by atoms with Crippen LogP contribution in [0.2, 0.25) is 0 Å². The molecule has 0 aliphatic carbocycles. The summed E-state index contributed by atoms with van der Waals surface area (Å²) >= 11 is 1.41. The van der Waals surface area contributed by atoms with Gasteiger partial charge in [-0.15, -0.1) is 11.3 Å². The van der Waals surface area contributed by atoms with Crippen molar-refractivity contribution in [3.63, 3.8) is 0 Å². The third-order valence-electron chi connectivity index (χ3n) is 2.23. The van der Waals surface area contributed by atoms with Crippen LogP contribution in [0.3, 0.4) is 0 Å². The van der Waals surface area contributed by atoms with Gasteiger partial charge in [0.05, 0.1) is 0 Å². The van der Waals surface area contributed by atoms with Crippen molar-refractivity contribution in [3.05, 3.63) is 57.3 Å². The van der Waals surface area contributed by atoms with E-state index in [2.05, 4.69) is 0 Å². The standard InChI is InChI=1S/C12H10F2OS/c1-7-2-3-11(16-7)12(15)8-4-9(13)6-10(14)5-8/h2-6,12,15H,1H3/t12-/m1/s1. The molecule has 0 saturated carbocycles. The minimum Gasteiger partial charge on any atom is -0.383 e. The minimum atomic E-state index is -0.969. The Balaban J connectivity index is 2.37. The second-order valence-corrected chi connectivity index (χ2v) is 4.87. The molecule has 0 radical (unpaired) electrons. The molecule has 0 aliphatic rings. The first-order chi connectivity index (χ1) is 7.56. The maximum Gasteiger partial charge on any atom is 0.126 e. The van der Waals surface area contributed by atoms with E-state index < -0.39 is 17.7 Å². The number of aliphatic hydroxyl groups is 1. The van der Waals surface area contributed by atoms with Gasteiger partial charge in [0.1, 0.15) is 17.7 Å². The summed E-state index contributed by atoms with van der Waals surface area (Å²) in [6.45, 7) is 1.91. The molecule has 1 N–H and O–H groups in total. The Labute approximate surface area is 96.0 Å². The van der Waals surface area contributed by atoms with Crippen molar-refractivity contribution in [2.75, 3.05) is 0 Å². The molecule has 16 heavy (non-hydrogen) atoms. The predicted octanol–water partition coefficient (Wildman–Crippen LogP) is 3.42. The lowest BCUT2D eigenvalue weighted by molar-refractivity contribution is 0.223. The average Bonchev–Trinajstić information content (AvgIpc) is 2.62. The van der Waals surface area contributed by atoms with Gasteiger partial charge < -0.3 is 5.11 Å². The van der Waals surface area contributed by atoms with Gasteiger partial charge >= 0.3 is 0 Å². The fraction of sp³-hybridized carbons (Fsp3) is 0.167. The van der Waals surface area contributed by atoms with Gasteiger partial charge in [0.2, 0.25) is 0 Å². The molecule has 0 bridgehead atoms. The lowest BCUT2D eigenvalue weighted by atomic mass is 10.1. The number of thiophene rings is 1. The lowest BCUT2D eigenvalue weighted by Crippen LogP contribution is -1.98. The molecule has 0 aliphatic heterocycles. The highest BCUT2D eigenvalue weighted by Gasteiger charge is 2.14. The predicted molar refractivity (Wildman–Crippen MR) is 59.5 cm³/mol. The summed E-state index contributed by atoms with van der Waals surface area (Å²) in [5.41, 5.74) is 0.236. The largest absolute Gasteiger partial charge is 0.383 e. The molecule has 1 aromatic heterocycles. The maximum absolute atomic E-state index is 13.0. The van der Waals surface area contributed by atoms with Gasteiger partial charge in [0.25, 0.3) is 0 Å². The maximum atomic E-state index is 13.0. The molecule has 84 valence electrons. The molecule has 1 aromatic carbocycles. The van der Waals surface area contributed by atoms with Crippen molar-refractivity contribution in [3.8, 4) is 0 Å². The average molecular weight is 240 g/mol. The van der Waals surface area contributed by atoms with Crippen molar-refractivity contribution in [2.24, 2.45) is 0 Å². The van der Waals surface area contributed by atoms with Gasteiger partial charge in [-0.3, -0.25) is 0 Å². The van der Waals surface area contributed by atoms with Crippen LogP contribution in [0.1, 0.15) is 21.4 Å². The van der Waals surface area contributed by atoms with Crippen LogP contribution >= 0.6 is 11.3 Å². The van der Waals surface area contributed by atoms with Crippen LogP contribution in [-0.2, 0) is 0 Å². The first-order valence-corrected chi connectivity index (χ1v) is 5.58. The SMILES string of the molecule is Cc1ccc([C@H](O)c2cc(F)cc(F)c2)s1. The molecular weight excluding hydrogens is 230 g/mol. The second kappa shape index (κ2) is 4.31. The van der Waals surface area contributed by atoms with E-state index in [1.807, 2.05) is 13.0 Å². The van der Waals surface area contributed by atoms with Crippen molar-refractivity contribution in [1.82, 2.24) is 0 Å². The first-order valence-electron chi connectivity index (χ1n) is 4.76. The molecule has 1 atom stereocenters. The highest BCUT2D eigenvalue weighted by atomic mass is 32.1. The topological polar surface area (TPSA) is 20.2 Å². The number of rotatable bonds is 2. The van der Waals surface area contributed by atoms with Crippen molar-refractivity contribution >= 4 is 11.3 Å². The molecule has 2 rings (SSSR count). The van der Waals surface area contributed by atoms with Crippen LogP contribution < -0.4 is 0 Å². The Bertz CT molecular complexity index is 487. The summed E-state index contributed by atoms with van der Waals surface area (Å²) in [6, 6.07) is 6.69. The van der Waals surface area contributed by atoms with E-state index >= 15 is 0 Å². The van der Waals surface area contributed by atoms with Crippen LogP contribution in [0.25, 0.3) is 0 Å². The molecule has 1 heterocycles. The number of hydrogen-bond acceptors (Lipinski definition) is 2. The van der Waals surface area contributed by atoms with Crippen LogP contribution in [0.4, 0.5) is 8.78 Å². The van der Waals surface area contributed by atoms with Gasteiger partial charge in [-0.05, 0) is 36.8 Å². The zero-order valence-electron chi connectivity index (χ0n) is 8.58. The summed E-state index contributed by atoms with van der Waals surface area (Å²) in [7, 11) is 0. The number of halogens is 2.